The molecule has 92 valence electrons. The number of nitrogens with one attached hydrogen (secondary N) is 1. The first kappa shape index (κ1) is 14.9. The molecule has 0 amide bonds. The number of rotatable bonds is 9. The second-order valence-corrected chi connectivity index (χ2v) is 6.06. The summed E-state index contributed by atoms with van der Waals surface area (Å²) in [5.74, 6) is 0.242. The highest BCUT2D eigenvalue weighted by Crippen LogP contribution is 2.06. The summed E-state index contributed by atoms with van der Waals surface area (Å²) in [6, 6.07) is 0.0819. The highest BCUT2D eigenvalue weighted by atomic mass is 32.2. The van der Waals surface area contributed by atoms with E-state index in [0.29, 0.717) is 6.42 Å². The molecule has 0 bridgehead atoms. The molecule has 0 aromatic heterocycles. The van der Waals surface area contributed by atoms with Gasteiger partial charge < -0.3 is 0 Å². The van der Waals surface area contributed by atoms with Crippen LogP contribution in [0.5, 0.6) is 0 Å². The Bertz CT molecular complexity index is 237. The lowest BCUT2D eigenvalue weighted by atomic mass is 10.1. The third-order valence-electron chi connectivity index (χ3n) is 2.34. The van der Waals surface area contributed by atoms with E-state index in [1.54, 1.807) is 0 Å². The molecule has 0 radical (unpaired) electrons. The van der Waals surface area contributed by atoms with Gasteiger partial charge in [-0.05, 0) is 19.8 Å². The summed E-state index contributed by atoms with van der Waals surface area (Å²) in [6.07, 6.45) is 6.41. The van der Waals surface area contributed by atoms with Gasteiger partial charge in [0.2, 0.25) is 10.0 Å². The van der Waals surface area contributed by atoms with Crippen molar-refractivity contribution in [2.75, 3.05) is 5.75 Å². The SMILES string of the molecule is CCCCCCC(C)NS(=O)(=O)CCC. The predicted molar refractivity (Wildman–Crippen MR) is 65.4 cm³/mol. The summed E-state index contributed by atoms with van der Waals surface area (Å²) in [6.45, 7) is 6.00. The minimum Gasteiger partial charge on any atom is -0.212 e. The first-order chi connectivity index (χ1) is 7.02. The molecule has 1 atom stereocenters. The van der Waals surface area contributed by atoms with E-state index in [1.165, 1.54) is 19.3 Å². The zero-order valence-electron chi connectivity index (χ0n) is 10.3. The van der Waals surface area contributed by atoms with Crippen LogP contribution in [0.15, 0.2) is 0 Å². The molecule has 0 spiro atoms. The summed E-state index contributed by atoms with van der Waals surface area (Å²) in [5.41, 5.74) is 0. The van der Waals surface area contributed by atoms with Crippen LogP contribution in [0.1, 0.15) is 59.3 Å². The monoisotopic (exact) mass is 235 g/mol. The number of sulfonamides is 1. The Kier molecular flexibility index (Phi) is 8.06. The van der Waals surface area contributed by atoms with Crippen LogP contribution < -0.4 is 4.72 Å². The third-order valence-corrected chi connectivity index (χ3v) is 4.05. The van der Waals surface area contributed by atoms with Crippen LogP contribution in [0.25, 0.3) is 0 Å². The molecule has 0 saturated heterocycles. The van der Waals surface area contributed by atoms with Crippen LogP contribution in [0, 0.1) is 0 Å². The van der Waals surface area contributed by atoms with E-state index in [1.807, 2.05) is 13.8 Å². The topological polar surface area (TPSA) is 46.2 Å². The molecule has 1 N–H and O–H groups in total. The summed E-state index contributed by atoms with van der Waals surface area (Å²) in [5, 5.41) is 0. The Morgan fingerprint density at radius 2 is 1.73 bits per heavy atom. The molecule has 0 aliphatic carbocycles. The van der Waals surface area contributed by atoms with E-state index in [2.05, 4.69) is 11.6 Å². The molecule has 1 unspecified atom stereocenters. The van der Waals surface area contributed by atoms with Gasteiger partial charge in [0.05, 0.1) is 5.75 Å². The van der Waals surface area contributed by atoms with Crippen LogP contribution in [0.4, 0.5) is 0 Å². The van der Waals surface area contributed by atoms with E-state index >= 15 is 0 Å². The Morgan fingerprint density at radius 3 is 2.27 bits per heavy atom. The van der Waals surface area contributed by atoms with Crippen LogP contribution >= 0.6 is 0 Å². The molecule has 0 heterocycles. The van der Waals surface area contributed by atoms with Gasteiger partial charge in [0, 0.05) is 6.04 Å². The van der Waals surface area contributed by atoms with Gasteiger partial charge in [-0.3, -0.25) is 0 Å². The first-order valence-electron chi connectivity index (χ1n) is 6.01. The Hall–Kier alpha value is -0.0900. The minimum absolute atomic E-state index is 0.0819. The zero-order chi connectivity index (χ0) is 11.7. The smallest absolute Gasteiger partial charge is 0.211 e. The third kappa shape index (κ3) is 8.88. The molecule has 0 rings (SSSR count). The highest BCUT2D eigenvalue weighted by molar-refractivity contribution is 7.89. The number of hydrogen-bond acceptors (Lipinski definition) is 2. The van der Waals surface area contributed by atoms with Gasteiger partial charge in [0.25, 0.3) is 0 Å². The van der Waals surface area contributed by atoms with Gasteiger partial charge in [0.15, 0.2) is 0 Å². The Morgan fingerprint density at radius 1 is 1.07 bits per heavy atom. The van der Waals surface area contributed by atoms with Crippen molar-refractivity contribution >= 4 is 10.0 Å². The fourth-order valence-corrected chi connectivity index (χ4v) is 2.96. The lowest BCUT2D eigenvalue weighted by Gasteiger charge is -2.13. The van der Waals surface area contributed by atoms with E-state index in [-0.39, 0.29) is 11.8 Å². The molecule has 0 aromatic rings. The van der Waals surface area contributed by atoms with Crippen molar-refractivity contribution in [2.45, 2.75) is 65.3 Å². The standard InChI is InChI=1S/C11H25NO2S/c1-4-6-7-8-9-11(3)12-15(13,14)10-5-2/h11-12H,4-10H2,1-3H3. The average molecular weight is 235 g/mol. The summed E-state index contributed by atoms with van der Waals surface area (Å²) in [4.78, 5) is 0. The van der Waals surface area contributed by atoms with E-state index in [0.717, 1.165) is 12.8 Å². The predicted octanol–water partition coefficient (Wildman–Crippen LogP) is 2.67. The fourth-order valence-electron chi connectivity index (χ4n) is 1.57. The van der Waals surface area contributed by atoms with Crippen molar-refractivity contribution in [3.63, 3.8) is 0 Å². The van der Waals surface area contributed by atoms with Crippen molar-refractivity contribution in [1.82, 2.24) is 4.72 Å². The average Bonchev–Trinajstić information content (AvgIpc) is 2.11. The second kappa shape index (κ2) is 8.11. The molecule has 0 fully saturated rings. The molecule has 3 nitrogen and oxygen atoms in total. The minimum atomic E-state index is -3.02. The molecule has 0 aliphatic heterocycles. The van der Waals surface area contributed by atoms with Crippen LogP contribution in [0.2, 0.25) is 0 Å². The maximum absolute atomic E-state index is 11.4. The van der Waals surface area contributed by atoms with E-state index < -0.39 is 10.0 Å². The van der Waals surface area contributed by atoms with Gasteiger partial charge in [0.1, 0.15) is 0 Å². The van der Waals surface area contributed by atoms with Crippen molar-refractivity contribution < 1.29 is 8.42 Å². The summed E-state index contributed by atoms with van der Waals surface area (Å²) in [7, 11) is -3.02. The lowest BCUT2D eigenvalue weighted by molar-refractivity contribution is 0.521. The largest absolute Gasteiger partial charge is 0.212 e. The first-order valence-corrected chi connectivity index (χ1v) is 7.67. The van der Waals surface area contributed by atoms with Gasteiger partial charge >= 0.3 is 0 Å². The summed E-state index contributed by atoms with van der Waals surface area (Å²) < 4.78 is 25.5. The maximum atomic E-state index is 11.4. The molecule has 4 heteroatoms. The Balaban J connectivity index is 3.68. The molecule has 0 aromatic carbocycles. The fraction of sp³-hybridized carbons (Fsp3) is 1.00. The molecule has 0 saturated carbocycles. The van der Waals surface area contributed by atoms with Gasteiger partial charge in [-0.2, -0.15) is 0 Å². The van der Waals surface area contributed by atoms with Crippen molar-refractivity contribution in [2.24, 2.45) is 0 Å². The van der Waals surface area contributed by atoms with Crippen LogP contribution in [-0.2, 0) is 10.0 Å². The van der Waals surface area contributed by atoms with Gasteiger partial charge in [-0.25, -0.2) is 13.1 Å². The normalized spacial score (nSPS) is 14.1. The van der Waals surface area contributed by atoms with Crippen LogP contribution in [-0.4, -0.2) is 20.2 Å². The molecule has 0 aliphatic rings. The zero-order valence-corrected chi connectivity index (χ0v) is 11.1. The molecule has 15 heavy (non-hydrogen) atoms. The van der Waals surface area contributed by atoms with E-state index in [4.69, 9.17) is 0 Å². The quantitative estimate of drug-likeness (QED) is 0.625. The maximum Gasteiger partial charge on any atom is 0.211 e. The molecular formula is C11H25NO2S. The van der Waals surface area contributed by atoms with Crippen molar-refractivity contribution in [3.8, 4) is 0 Å². The highest BCUT2D eigenvalue weighted by Gasteiger charge is 2.12. The Labute approximate surface area is 94.7 Å². The number of hydrogen-bond donors (Lipinski definition) is 1. The lowest BCUT2D eigenvalue weighted by Crippen LogP contribution is -2.34. The molecular weight excluding hydrogens is 210 g/mol. The van der Waals surface area contributed by atoms with Gasteiger partial charge in [-0.15, -0.1) is 0 Å². The van der Waals surface area contributed by atoms with E-state index in [9.17, 15) is 8.42 Å². The van der Waals surface area contributed by atoms with Crippen molar-refractivity contribution in [1.29, 1.82) is 0 Å². The second-order valence-electron chi connectivity index (χ2n) is 4.19. The van der Waals surface area contributed by atoms with Crippen LogP contribution in [0.3, 0.4) is 0 Å². The van der Waals surface area contributed by atoms with Gasteiger partial charge in [-0.1, -0.05) is 39.5 Å². The number of unbranched alkanes of at least 4 members (excludes halogenated alkanes) is 3. The van der Waals surface area contributed by atoms with Crippen molar-refractivity contribution in [3.05, 3.63) is 0 Å². The summed E-state index contributed by atoms with van der Waals surface area (Å²) >= 11 is 0.